The summed E-state index contributed by atoms with van der Waals surface area (Å²) in [5, 5.41) is 3.45. The van der Waals surface area contributed by atoms with Crippen LogP contribution < -0.4 is 10.1 Å². The van der Waals surface area contributed by atoms with E-state index < -0.39 is 0 Å². The van der Waals surface area contributed by atoms with Gasteiger partial charge in [-0.25, -0.2) is 0 Å². The Morgan fingerprint density at radius 1 is 1.40 bits per heavy atom. The average Bonchev–Trinajstić information content (AvgIpc) is 2.30. The zero-order valence-corrected chi connectivity index (χ0v) is 9.19. The van der Waals surface area contributed by atoms with Crippen molar-refractivity contribution < 1.29 is 9.47 Å². The van der Waals surface area contributed by atoms with E-state index in [-0.39, 0.29) is 6.04 Å². The van der Waals surface area contributed by atoms with Crippen LogP contribution in [0.4, 0.5) is 0 Å². The largest absolute Gasteiger partial charge is 0.496 e. The number of rotatable bonds is 2. The number of nitrogens with one attached hydrogen (secondary N) is 1. The van der Waals surface area contributed by atoms with Crippen molar-refractivity contribution in [2.75, 3.05) is 20.3 Å². The fraction of sp³-hybridized carbons (Fsp3) is 0.500. The molecule has 82 valence electrons. The lowest BCUT2D eigenvalue weighted by atomic mass is 10.0. The number of para-hydroxylation sites is 1. The van der Waals surface area contributed by atoms with E-state index in [0.717, 1.165) is 12.3 Å². The molecular formula is C12H17NO2. The Bertz CT molecular complexity index is 319. The highest BCUT2D eigenvalue weighted by Crippen LogP contribution is 2.26. The first-order valence-electron chi connectivity index (χ1n) is 5.29. The van der Waals surface area contributed by atoms with E-state index in [0.29, 0.717) is 12.7 Å². The molecule has 3 heteroatoms. The molecule has 1 aliphatic heterocycles. The molecule has 2 atom stereocenters. The van der Waals surface area contributed by atoms with E-state index in [1.165, 1.54) is 5.56 Å². The summed E-state index contributed by atoms with van der Waals surface area (Å²) in [6.45, 7) is 3.68. The third kappa shape index (κ3) is 2.30. The van der Waals surface area contributed by atoms with Gasteiger partial charge in [0.2, 0.25) is 0 Å². The Morgan fingerprint density at radius 2 is 2.20 bits per heavy atom. The molecule has 0 saturated carbocycles. The van der Waals surface area contributed by atoms with Crippen LogP contribution in [0, 0.1) is 0 Å². The van der Waals surface area contributed by atoms with E-state index >= 15 is 0 Å². The second kappa shape index (κ2) is 4.64. The smallest absolute Gasteiger partial charge is 0.123 e. The van der Waals surface area contributed by atoms with E-state index in [9.17, 15) is 0 Å². The van der Waals surface area contributed by atoms with Crippen LogP contribution in [0.25, 0.3) is 0 Å². The number of morpholine rings is 1. The zero-order chi connectivity index (χ0) is 10.7. The Labute approximate surface area is 90.4 Å². The molecule has 1 heterocycles. The zero-order valence-electron chi connectivity index (χ0n) is 9.19. The minimum Gasteiger partial charge on any atom is -0.496 e. The van der Waals surface area contributed by atoms with Crippen LogP contribution in [0.15, 0.2) is 24.3 Å². The van der Waals surface area contributed by atoms with Gasteiger partial charge in [0.25, 0.3) is 0 Å². The van der Waals surface area contributed by atoms with Crippen molar-refractivity contribution in [2.24, 2.45) is 0 Å². The van der Waals surface area contributed by atoms with E-state index in [4.69, 9.17) is 9.47 Å². The van der Waals surface area contributed by atoms with Crippen LogP contribution in [-0.4, -0.2) is 26.4 Å². The van der Waals surface area contributed by atoms with Crippen LogP contribution in [0.3, 0.4) is 0 Å². The van der Waals surface area contributed by atoms with Gasteiger partial charge < -0.3 is 14.8 Å². The molecule has 0 aliphatic carbocycles. The van der Waals surface area contributed by atoms with Gasteiger partial charge in [-0.05, 0) is 13.0 Å². The summed E-state index contributed by atoms with van der Waals surface area (Å²) in [5.41, 5.74) is 1.17. The number of ether oxygens (including phenoxy) is 2. The summed E-state index contributed by atoms with van der Waals surface area (Å²) in [4.78, 5) is 0. The lowest BCUT2D eigenvalue weighted by molar-refractivity contribution is 0.0144. The summed E-state index contributed by atoms with van der Waals surface area (Å²) < 4.78 is 11.0. The molecule has 1 aliphatic rings. The molecule has 0 unspecified atom stereocenters. The third-order valence-electron chi connectivity index (χ3n) is 2.71. The summed E-state index contributed by atoms with van der Waals surface area (Å²) in [7, 11) is 1.70. The molecule has 1 aromatic rings. The molecule has 1 saturated heterocycles. The molecule has 0 aromatic heterocycles. The van der Waals surface area contributed by atoms with Gasteiger partial charge in [-0.15, -0.1) is 0 Å². The maximum absolute atomic E-state index is 5.63. The maximum atomic E-state index is 5.63. The van der Waals surface area contributed by atoms with E-state index in [1.54, 1.807) is 7.11 Å². The highest BCUT2D eigenvalue weighted by molar-refractivity contribution is 5.36. The highest BCUT2D eigenvalue weighted by atomic mass is 16.5. The molecule has 1 aromatic carbocycles. The van der Waals surface area contributed by atoms with Crippen molar-refractivity contribution in [3.63, 3.8) is 0 Å². The predicted molar refractivity (Wildman–Crippen MR) is 59.2 cm³/mol. The topological polar surface area (TPSA) is 30.5 Å². The predicted octanol–water partition coefficient (Wildman–Crippen LogP) is 1.74. The summed E-state index contributed by atoms with van der Waals surface area (Å²) in [5.74, 6) is 0.924. The van der Waals surface area contributed by atoms with Crippen molar-refractivity contribution in [3.05, 3.63) is 29.8 Å². The molecule has 0 amide bonds. The Morgan fingerprint density at radius 3 is 2.87 bits per heavy atom. The Hall–Kier alpha value is -1.06. The van der Waals surface area contributed by atoms with Gasteiger partial charge >= 0.3 is 0 Å². The second-order valence-electron chi connectivity index (χ2n) is 3.85. The minimum absolute atomic E-state index is 0.248. The van der Waals surface area contributed by atoms with Crippen molar-refractivity contribution >= 4 is 0 Å². The van der Waals surface area contributed by atoms with Gasteiger partial charge in [0.1, 0.15) is 5.75 Å². The number of hydrogen-bond acceptors (Lipinski definition) is 3. The molecular weight excluding hydrogens is 190 g/mol. The molecule has 3 nitrogen and oxygen atoms in total. The average molecular weight is 207 g/mol. The molecule has 0 bridgehead atoms. The first-order chi connectivity index (χ1) is 7.31. The highest BCUT2D eigenvalue weighted by Gasteiger charge is 2.21. The molecule has 0 spiro atoms. The summed E-state index contributed by atoms with van der Waals surface area (Å²) in [6.07, 6.45) is 0.302. The van der Waals surface area contributed by atoms with Crippen molar-refractivity contribution in [1.82, 2.24) is 5.32 Å². The third-order valence-corrected chi connectivity index (χ3v) is 2.71. The van der Waals surface area contributed by atoms with Crippen LogP contribution in [0.2, 0.25) is 0 Å². The molecule has 1 fully saturated rings. The van der Waals surface area contributed by atoms with Crippen LogP contribution in [-0.2, 0) is 4.74 Å². The molecule has 0 radical (unpaired) electrons. The van der Waals surface area contributed by atoms with Gasteiger partial charge in [-0.1, -0.05) is 18.2 Å². The summed E-state index contributed by atoms with van der Waals surface area (Å²) >= 11 is 0. The Kier molecular flexibility index (Phi) is 3.23. The number of hydrogen-bond donors (Lipinski definition) is 1. The first-order valence-corrected chi connectivity index (χ1v) is 5.29. The summed E-state index contributed by atoms with van der Waals surface area (Å²) in [6, 6.07) is 8.31. The van der Waals surface area contributed by atoms with Gasteiger partial charge in [-0.2, -0.15) is 0 Å². The van der Waals surface area contributed by atoms with E-state index in [1.807, 2.05) is 18.2 Å². The van der Waals surface area contributed by atoms with E-state index in [2.05, 4.69) is 18.3 Å². The molecule has 2 rings (SSSR count). The van der Waals surface area contributed by atoms with Crippen LogP contribution in [0.5, 0.6) is 5.75 Å². The van der Waals surface area contributed by atoms with Gasteiger partial charge in [0, 0.05) is 12.1 Å². The Balaban J connectivity index is 2.15. The molecule has 1 N–H and O–H groups in total. The second-order valence-corrected chi connectivity index (χ2v) is 3.85. The standard InChI is InChI=1S/C12H17NO2/c1-9-7-13-11(8-15-9)10-5-3-4-6-12(10)14-2/h3-6,9,11,13H,7-8H2,1-2H3/t9-,11+/m0/s1. The normalized spacial score (nSPS) is 26.3. The van der Waals surface area contributed by atoms with Gasteiger partial charge in [-0.3, -0.25) is 0 Å². The first kappa shape index (κ1) is 10.5. The number of methoxy groups -OCH3 is 1. The van der Waals surface area contributed by atoms with Crippen molar-refractivity contribution in [3.8, 4) is 5.75 Å². The van der Waals surface area contributed by atoms with Gasteiger partial charge in [0.05, 0.1) is 25.9 Å². The van der Waals surface area contributed by atoms with Crippen molar-refractivity contribution in [1.29, 1.82) is 0 Å². The van der Waals surface area contributed by atoms with Gasteiger partial charge in [0.15, 0.2) is 0 Å². The molecule has 15 heavy (non-hydrogen) atoms. The number of benzene rings is 1. The van der Waals surface area contributed by atoms with Crippen LogP contribution >= 0.6 is 0 Å². The monoisotopic (exact) mass is 207 g/mol. The maximum Gasteiger partial charge on any atom is 0.123 e. The van der Waals surface area contributed by atoms with Crippen LogP contribution in [0.1, 0.15) is 18.5 Å². The quantitative estimate of drug-likeness (QED) is 0.801. The fourth-order valence-electron chi connectivity index (χ4n) is 1.84. The lowest BCUT2D eigenvalue weighted by Crippen LogP contribution is -2.39. The minimum atomic E-state index is 0.248. The lowest BCUT2D eigenvalue weighted by Gasteiger charge is -2.29. The fourth-order valence-corrected chi connectivity index (χ4v) is 1.84. The van der Waals surface area contributed by atoms with Crippen molar-refractivity contribution in [2.45, 2.75) is 19.1 Å². The SMILES string of the molecule is COc1ccccc1[C@H]1CO[C@@H](C)CN1.